The highest BCUT2D eigenvalue weighted by Gasteiger charge is 2.47. The number of aliphatic hydroxyl groups is 1. The van der Waals surface area contributed by atoms with Crippen LogP contribution in [0.3, 0.4) is 0 Å². The molecule has 1 saturated heterocycles. The molecular formula is C26H22N2O4. The second kappa shape index (κ2) is 7.64. The van der Waals surface area contributed by atoms with Crippen molar-refractivity contribution in [2.45, 2.75) is 32.4 Å². The molecule has 2 aliphatic rings. The molecule has 0 radical (unpaired) electrons. The summed E-state index contributed by atoms with van der Waals surface area (Å²) >= 11 is 0. The summed E-state index contributed by atoms with van der Waals surface area (Å²) in [6.07, 6.45) is 4.03. The third-order valence-corrected chi connectivity index (χ3v) is 5.93. The number of carbonyl (C=O) groups is 2. The van der Waals surface area contributed by atoms with Crippen LogP contribution in [0.2, 0.25) is 0 Å². The summed E-state index contributed by atoms with van der Waals surface area (Å²) in [4.78, 5) is 31.9. The zero-order chi connectivity index (χ0) is 22.4. The minimum Gasteiger partial charge on any atom is -0.507 e. The number of benzene rings is 2. The minimum atomic E-state index is -0.783. The van der Waals surface area contributed by atoms with Crippen LogP contribution in [0.4, 0.5) is 5.69 Å². The van der Waals surface area contributed by atoms with Gasteiger partial charge >= 0.3 is 0 Å². The Morgan fingerprint density at radius 2 is 1.91 bits per heavy atom. The number of rotatable bonds is 3. The van der Waals surface area contributed by atoms with Crippen molar-refractivity contribution in [2.24, 2.45) is 0 Å². The maximum Gasteiger partial charge on any atom is 0.300 e. The smallest absolute Gasteiger partial charge is 0.300 e. The number of ketones is 1. The van der Waals surface area contributed by atoms with Crippen LogP contribution >= 0.6 is 0 Å². The van der Waals surface area contributed by atoms with E-state index >= 15 is 0 Å². The van der Waals surface area contributed by atoms with Crippen LogP contribution in [0.1, 0.15) is 35.2 Å². The van der Waals surface area contributed by atoms with Crippen LogP contribution in [-0.2, 0) is 16.0 Å². The van der Waals surface area contributed by atoms with E-state index in [4.69, 9.17) is 4.74 Å². The average molecular weight is 426 g/mol. The summed E-state index contributed by atoms with van der Waals surface area (Å²) in [6, 6.07) is 15.5. The maximum atomic E-state index is 13.2. The third kappa shape index (κ3) is 3.24. The lowest BCUT2D eigenvalue weighted by Gasteiger charge is -2.25. The molecule has 6 heteroatoms. The molecule has 2 aromatic carbocycles. The van der Waals surface area contributed by atoms with Gasteiger partial charge < -0.3 is 9.84 Å². The Balaban J connectivity index is 1.68. The summed E-state index contributed by atoms with van der Waals surface area (Å²) in [7, 11) is 0. The van der Waals surface area contributed by atoms with Gasteiger partial charge in [0.1, 0.15) is 17.6 Å². The van der Waals surface area contributed by atoms with Crippen LogP contribution in [0.15, 0.2) is 72.6 Å². The molecule has 3 heterocycles. The van der Waals surface area contributed by atoms with Crippen molar-refractivity contribution in [3.05, 3.63) is 94.8 Å². The van der Waals surface area contributed by atoms with Gasteiger partial charge in [-0.25, -0.2) is 0 Å². The van der Waals surface area contributed by atoms with Crippen LogP contribution in [0, 0.1) is 6.92 Å². The number of hydrogen-bond acceptors (Lipinski definition) is 5. The van der Waals surface area contributed by atoms with Crippen LogP contribution in [0.25, 0.3) is 5.76 Å². The zero-order valence-electron chi connectivity index (χ0n) is 17.8. The molecule has 6 nitrogen and oxygen atoms in total. The molecule has 2 aliphatic heterocycles. The highest BCUT2D eigenvalue weighted by molar-refractivity contribution is 6.51. The number of aromatic nitrogens is 1. The number of Topliss-reactive ketones (excluding diaryl/α,β-unsaturated/α-hetero) is 1. The van der Waals surface area contributed by atoms with Gasteiger partial charge in [0.05, 0.1) is 11.6 Å². The largest absolute Gasteiger partial charge is 0.507 e. The van der Waals surface area contributed by atoms with Crippen molar-refractivity contribution in [3.8, 4) is 5.75 Å². The van der Waals surface area contributed by atoms with Gasteiger partial charge in [0.15, 0.2) is 0 Å². The normalized spacial score (nSPS) is 21.5. The van der Waals surface area contributed by atoms with E-state index < -0.39 is 17.7 Å². The quantitative estimate of drug-likeness (QED) is 0.383. The number of pyridine rings is 1. The van der Waals surface area contributed by atoms with Gasteiger partial charge in [-0.15, -0.1) is 0 Å². The van der Waals surface area contributed by atoms with Crippen LogP contribution < -0.4 is 9.64 Å². The lowest BCUT2D eigenvalue weighted by atomic mass is 9.95. The molecule has 2 atom stereocenters. The predicted octanol–water partition coefficient (Wildman–Crippen LogP) is 4.34. The van der Waals surface area contributed by atoms with Gasteiger partial charge in [-0.1, -0.05) is 23.8 Å². The minimum absolute atomic E-state index is 0.0514. The molecule has 5 rings (SSSR count). The Labute approximate surface area is 185 Å². The van der Waals surface area contributed by atoms with Gasteiger partial charge in [0, 0.05) is 30.1 Å². The van der Waals surface area contributed by atoms with Gasteiger partial charge in [0.2, 0.25) is 0 Å². The fourth-order valence-electron chi connectivity index (χ4n) is 4.38. The summed E-state index contributed by atoms with van der Waals surface area (Å²) < 4.78 is 5.74. The Morgan fingerprint density at radius 1 is 1.12 bits per heavy atom. The highest BCUT2D eigenvalue weighted by Crippen LogP contribution is 2.42. The van der Waals surface area contributed by atoms with E-state index in [0.29, 0.717) is 16.8 Å². The van der Waals surface area contributed by atoms with Crippen LogP contribution in [0.5, 0.6) is 5.75 Å². The first kappa shape index (κ1) is 20.0. The van der Waals surface area contributed by atoms with E-state index in [0.717, 1.165) is 23.3 Å². The standard InChI is InChI=1S/C26H22N2O4/c1-15-5-8-20(9-6-15)28-23(18-4-3-11-27-14-18)22(25(30)26(28)31)24(29)17-7-10-21-19(13-17)12-16(2)32-21/h3-11,13-14,16,23,29H,12H2,1-2H3/b24-22-. The Hall–Kier alpha value is -3.93. The van der Waals surface area contributed by atoms with E-state index in [1.165, 1.54) is 4.90 Å². The van der Waals surface area contributed by atoms with E-state index in [1.807, 2.05) is 32.0 Å². The van der Waals surface area contributed by atoms with Crippen molar-refractivity contribution in [2.75, 3.05) is 4.90 Å². The molecule has 1 amide bonds. The second-order valence-corrected chi connectivity index (χ2v) is 8.25. The Morgan fingerprint density at radius 3 is 2.62 bits per heavy atom. The number of fused-ring (bicyclic) bond motifs is 1. The molecule has 0 bridgehead atoms. The lowest BCUT2D eigenvalue weighted by molar-refractivity contribution is -0.132. The van der Waals surface area contributed by atoms with Gasteiger partial charge in [-0.2, -0.15) is 0 Å². The van der Waals surface area contributed by atoms with E-state index in [1.54, 1.807) is 48.8 Å². The number of ether oxygens (including phenoxy) is 1. The Kier molecular flexibility index (Phi) is 4.78. The molecule has 1 aromatic heterocycles. The van der Waals surface area contributed by atoms with Crippen molar-refractivity contribution >= 4 is 23.1 Å². The molecule has 0 aliphatic carbocycles. The fourth-order valence-corrected chi connectivity index (χ4v) is 4.38. The molecule has 160 valence electrons. The first-order valence-corrected chi connectivity index (χ1v) is 10.5. The SMILES string of the molecule is Cc1ccc(N2C(=O)C(=O)/C(=C(\O)c3ccc4c(c3)CC(C)O4)C2c2cccnc2)cc1. The summed E-state index contributed by atoms with van der Waals surface area (Å²) in [5.41, 5.74) is 3.77. The highest BCUT2D eigenvalue weighted by atomic mass is 16.5. The molecule has 0 saturated carbocycles. The number of aryl methyl sites for hydroxylation is 1. The van der Waals surface area contributed by atoms with Crippen molar-refractivity contribution in [1.82, 2.24) is 4.98 Å². The van der Waals surface area contributed by atoms with E-state index in [9.17, 15) is 14.7 Å². The first-order chi connectivity index (χ1) is 15.4. The average Bonchev–Trinajstić information content (AvgIpc) is 3.30. The third-order valence-electron chi connectivity index (χ3n) is 5.93. The number of aliphatic hydroxyl groups excluding tert-OH is 1. The van der Waals surface area contributed by atoms with Gasteiger partial charge in [-0.05, 0) is 61.4 Å². The van der Waals surface area contributed by atoms with Gasteiger partial charge in [-0.3, -0.25) is 19.5 Å². The topological polar surface area (TPSA) is 79.7 Å². The number of nitrogens with zero attached hydrogens (tertiary/aromatic N) is 2. The summed E-state index contributed by atoms with van der Waals surface area (Å²) in [5.74, 6) is -0.823. The van der Waals surface area contributed by atoms with Gasteiger partial charge in [0.25, 0.3) is 11.7 Å². The zero-order valence-corrected chi connectivity index (χ0v) is 17.8. The maximum absolute atomic E-state index is 13.2. The van der Waals surface area contributed by atoms with E-state index in [2.05, 4.69) is 4.98 Å². The molecular weight excluding hydrogens is 404 g/mol. The first-order valence-electron chi connectivity index (χ1n) is 10.5. The number of hydrogen-bond donors (Lipinski definition) is 1. The second-order valence-electron chi connectivity index (χ2n) is 8.25. The predicted molar refractivity (Wildman–Crippen MR) is 120 cm³/mol. The van der Waals surface area contributed by atoms with E-state index in [-0.39, 0.29) is 17.4 Å². The number of anilines is 1. The monoisotopic (exact) mass is 426 g/mol. The lowest BCUT2D eigenvalue weighted by Crippen LogP contribution is -2.29. The van der Waals surface area contributed by atoms with Crippen LogP contribution in [-0.4, -0.2) is 27.9 Å². The molecule has 0 spiro atoms. The Bertz CT molecular complexity index is 1250. The van der Waals surface area contributed by atoms with Crippen molar-refractivity contribution < 1.29 is 19.4 Å². The fraction of sp³-hybridized carbons (Fsp3) is 0.192. The van der Waals surface area contributed by atoms with Crippen molar-refractivity contribution in [3.63, 3.8) is 0 Å². The molecule has 32 heavy (non-hydrogen) atoms. The summed E-state index contributed by atoms with van der Waals surface area (Å²) in [6.45, 7) is 3.93. The summed E-state index contributed by atoms with van der Waals surface area (Å²) in [5, 5.41) is 11.3. The molecule has 1 N–H and O–H groups in total. The number of carbonyl (C=O) groups excluding carboxylic acids is 2. The molecule has 1 fully saturated rings. The molecule has 3 aromatic rings. The molecule has 2 unspecified atom stereocenters. The number of amides is 1. The van der Waals surface area contributed by atoms with Crippen molar-refractivity contribution in [1.29, 1.82) is 0 Å².